The predicted octanol–water partition coefficient (Wildman–Crippen LogP) is 4.12. The Labute approximate surface area is 159 Å². The molecule has 2 aromatic rings. The summed E-state index contributed by atoms with van der Waals surface area (Å²) in [6, 6.07) is 6.30. The zero-order valence-electron chi connectivity index (χ0n) is 15.8. The first-order chi connectivity index (χ1) is 12.5. The molecule has 0 radical (unpaired) electrons. The molecule has 0 aliphatic heterocycles. The molecule has 140 valence electrons. The van der Waals surface area contributed by atoms with Gasteiger partial charge in [0, 0.05) is 6.42 Å². The second-order valence-electron chi connectivity index (χ2n) is 7.34. The van der Waals surface area contributed by atoms with Crippen LogP contribution < -0.4 is 5.32 Å². The molecule has 1 aromatic carbocycles. The molecule has 5 nitrogen and oxygen atoms in total. The Morgan fingerprint density at radius 2 is 2.08 bits per heavy atom. The van der Waals surface area contributed by atoms with Gasteiger partial charge in [0.05, 0.1) is 11.8 Å². The number of aromatic amines is 1. The third-order valence-corrected chi connectivity index (χ3v) is 6.06. The van der Waals surface area contributed by atoms with Gasteiger partial charge in [0.1, 0.15) is 5.82 Å². The van der Waals surface area contributed by atoms with E-state index in [1.165, 1.54) is 48.6 Å². The lowest BCUT2D eigenvalue weighted by molar-refractivity contribution is -0.119. The number of hydrogen-bond acceptors (Lipinski definition) is 4. The van der Waals surface area contributed by atoms with Gasteiger partial charge in [-0.05, 0) is 43.4 Å². The summed E-state index contributed by atoms with van der Waals surface area (Å²) >= 11 is 1.38. The van der Waals surface area contributed by atoms with Crippen LogP contribution in [-0.4, -0.2) is 26.8 Å². The van der Waals surface area contributed by atoms with Crippen LogP contribution in [0.5, 0.6) is 0 Å². The zero-order chi connectivity index (χ0) is 18.5. The van der Waals surface area contributed by atoms with Crippen molar-refractivity contribution in [3.05, 3.63) is 40.7 Å². The minimum absolute atomic E-state index is 0.00266. The van der Waals surface area contributed by atoms with Crippen molar-refractivity contribution in [3.63, 3.8) is 0 Å². The highest BCUT2D eigenvalue weighted by Crippen LogP contribution is 2.27. The number of amides is 1. The Morgan fingerprint density at radius 3 is 2.81 bits per heavy atom. The van der Waals surface area contributed by atoms with Gasteiger partial charge in [0.2, 0.25) is 11.1 Å². The molecule has 1 saturated carbocycles. The van der Waals surface area contributed by atoms with Crippen LogP contribution in [0.4, 0.5) is 0 Å². The first-order valence-electron chi connectivity index (χ1n) is 9.42. The molecule has 0 bridgehead atoms. The lowest BCUT2D eigenvalue weighted by Gasteiger charge is -2.15. The number of hydrogen-bond donors (Lipinski definition) is 2. The molecule has 2 N–H and O–H groups in total. The summed E-state index contributed by atoms with van der Waals surface area (Å²) in [5, 5.41) is 11.0. The van der Waals surface area contributed by atoms with E-state index in [1.54, 1.807) is 0 Å². The van der Waals surface area contributed by atoms with E-state index in [0.717, 1.165) is 23.7 Å². The molecule has 1 aromatic heterocycles. The van der Waals surface area contributed by atoms with E-state index in [2.05, 4.69) is 52.5 Å². The largest absolute Gasteiger partial charge is 0.349 e. The van der Waals surface area contributed by atoms with Gasteiger partial charge in [-0.15, -0.1) is 5.10 Å². The van der Waals surface area contributed by atoms with Crippen molar-refractivity contribution in [2.24, 2.45) is 5.92 Å². The summed E-state index contributed by atoms with van der Waals surface area (Å²) in [4.78, 5) is 16.8. The molecule has 1 aliphatic carbocycles. The molecule has 3 rings (SSSR count). The second kappa shape index (κ2) is 8.71. The lowest BCUT2D eigenvalue weighted by atomic mass is 10.0. The predicted molar refractivity (Wildman–Crippen MR) is 105 cm³/mol. The van der Waals surface area contributed by atoms with Gasteiger partial charge in [0.15, 0.2) is 0 Å². The molecule has 0 spiro atoms. The fourth-order valence-corrected chi connectivity index (χ4v) is 4.08. The van der Waals surface area contributed by atoms with Gasteiger partial charge in [-0.2, -0.15) is 0 Å². The van der Waals surface area contributed by atoms with Gasteiger partial charge in [-0.1, -0.05) is 55.6 Å². The second-order valence-corrected chi connectivity index (χ2v) is 8.28. The summed E-state index contributed by atoms with van der Waals surface area (Å²) < 4.78 is 0. The standard InChI is InChI=1S/C20H28N4OS/c1-13-8-9-17(10-14(13)2)15(3)21-19(25)12-26-20-22-18(23-24-20)11-16-6-4-5-7-16/h8-10,15-16H,4-7,11-12H2,1-3H3,(H,21,25)(H,22,23,24). The van der Waals surface area contributed by atoms with Crippen LogP contribution in [-0.2, 0) is 11.2 Å². The quantitative estimate of drug-likeness (QED) is 0.717. The number of benzene rings is 1. The topological polar surface area (TPSA) is 70.7 Å². The first kappa shape index (κ1) is 19.0. The van der Waals surface area contributed by atoms with Crippen molar-refractivity contribution in [1.29, 1.82) is 0 Å². The molecule has 1 aliphatic rings. The van der Waals surface area contributed by atoms with Crippen molar-refractivity contribution < 1.29 is 4.79 Å². The minimum atomic E-state index is -0.00697. The number of aryl methyl sites for hydroxylation is 2. The highest BCUT2D eigenvalue weighted by Gasteiger charge is 2.18. The average molecular weight is 373 g/mol. The first-order valence-corrected chi connectivity index (χ1v) is 10.4. The van der Waals surface area contributed by atoms with Crippen molar-refractivity contribution >= 4 is 17.7 Å². The van der Waals surface area contributed by atoms with Crippen molar-refractivity contribution in [3.8, 4) is 0 Å². The van der Waals surface area contributed by atoms with E-state index in [9.17, 15) is 4.79 Å². The maximum Gasteiger partial charge on any atom is 0.230 e. The van der Waals surface area contributed by atoms with E-state index in [0.29, 0.717) is 10.9 Å². The molecule has 1 atom stereocenters. The van der Waals surface area contributed by atoms with E-state index < -0.39 is 0 Å². The minimum Gasteiger partial charge on any atom is -0.349 e. The molecule has 6 heteroatoms. The normalized spacial score (nSPS) is 16.0. The number of carbonyl (C=O) groups is 1. The number of nitrogens with zero attached hydrogens (tertiary/aromatic N) is 2. The molecule has 1 heterocycles. The number of rotatable bonds is 7. The van der Waals surface area contributed by atoms with E-state index in [4.69, 9.17) is 0 Å². The maximum absolute atomic E-state index is 12.2. The number of aromatic nitrogens is 3. The molecule has 1 unspecified atom stereocenters. The highest BCUT2D eigenvalue weighted by atomic mass is 32.2. The molecule has 1 amide bonds. The van der Waals surface area contributed by atoms with Crippen molar-refractivity contribution in [1.82, 2.24) is 20.5 Å². The summed E-state index contributed by atoms with van der Waals surface area (Å²) in [5.74, 6) is 2.02. The number of H-pyrrole nitrogens is 1. The Balaban J connectivity index is 1.46. The molecule has 0 saturated heterocycles. The van der Waals surface area contributed by atoms with E-state index in [1.807, 2.05) is 6.92 Å². The third kappa shape index (κ3) is 5.10. The van der Waals surface area contributed by atoms with E-state index >= 15 is 0 Å². The average Bonchev–Trinajstić information content (AvgIpc) is 3.28. The molecule has 26 heavy (non-hydrogen) atoms. The number of nitrogens with one attached hydrogen (secondary N) is 2. The maximum atomic E-state index is 12.2. The third-order valence-electron chi connectivity index (χ3n) is 5.21. The Bertz CT molecular complexity index is 752. The van der Waals surface area contributed by atoms with Crippen LogP contribution in [0.15, 0.2) is 23.4 Å². The fraction of sp³-hybridized carbons (Fsp3) is 0.550. The van der Waals surface area contributed by atoms with Gasteiger partial charge < -0.3 is 5.32 Å². The van der Waals surface area contributed by atoms with Gasteiger partial charge in [-0.25, -0.2) is 4.98 Å². The molecular weight excluding hydrogens is 344 g/mol. The highest BCUT2D eigenvalue weighted by molar-refractivity contribution is 7.99. The van der Waals surface area contributed by atoms with Crippen LogP contribution in [0.1, 0.15) is 61.2 Å². The van der Waals surface area contributed by atoms with Crippen LogP contribution in [0.2, 0.25) is 0 Å². The molecule has 1 fully saturated rings. The smallest absolute Gasteiger partial charge is 0.230 e. The summed E-state index contributed by atoms with van der Waals surface area (Å²) in [5.41, 5.74) is 3.64. The zero-order valence-corrected chi connectivity index (χ0v) is 16.7. The fourth-order valence-electron chi connectivity index (χ4n) is 3.45. The van der Waals surface area contributed by atoms with Gasteiger partial charge >= 0.3 is 0 Å². The van der Waals surface area contributed by atoms with E-state index in [-0.39, 0.29) is 11.9 Å². The summed E-state index contributed by atoms with van der Waals surface area (Å²) in [6.07, 6.45) is 6.23. The Morgan fingerprint density at radius 1 is 1.31 bits per heavy atom. The van der Waals surface area contributed by atoms with Crippen molar-refractivity contribution in [2.75, 3.05) is 5.75 Å². The van der Waals surface area contributed by atoms with Crippen molar-refractivity contribution in [2.45, 2.75) is 64.1 Å². The van der Waals surface area contributed by atoms with Gasteiger partial charge in [-0.3, -0.25) is 9.89 Å². The molecular formula is C20H28N4OS. The van der Waals surface area contributed by atoms with Crippen LogP contribution >= 0.6 is 11.8 Å². The number of carbonyl (C=O) groups excluding carboxylic acids is 1. The number of thioether (sulfide) groups is 1. The SMILES string of the molecule is Cc1ccc(C(C)NC(=O)CSc2n[nH]c(CC3CCCC3)n2)cc1C. The Hall–Kier alpha value is -1.82. The van der Waals surface area contributed by atoms with Gasteiger partial charge in [0.25, 0.3) is 0 Å². The lowest BCUT2D eigenvalue weighted by Crippen LogP contribution is -2.28. The monoisotopic (exact) mass is 372 g/mol. The Kier molecular flexibility index (Phi) is 6.35. The van der Waals surface area contributed by atoms with Crippen LogP contribution in [0.25, 0.3) is 0 Å². The van der Waals surface area contributed by atoms with Crippen LogP contribution in [0, 0.1) is 19.8 Å². The summed E-state index contributed by atoms with van der Waals surface area (Å²) in [6.45, 7) is 6.20. The van der Waals surface area contributed by atoms with Crippen LogP contribution in [0.3, 0.4) is 0 Å². The summed E-state index contributed by atoms with van der Waals surface area (Å²) in [7, 11) is 0.